The van der Waals surface area contributed by atoms with Gasteiger partial charge in [0.15, 0.2) is 0 Å². The third-order valence-corrected chi connectivity index (χ3v) is 3.93. The zero-order valence-corrected chi connectivity index (χ0v) is 10.5. The van der Waals surface area contributed by atoms with Crippen LogP contribution in [0.3, 0.4) is 0 Å². The van der Waals surface area contributed by atoms with Gasteiger partial charge in [-0.15, -0.1) is 0 Å². The molecule has 0 bridgehead atoms. The Morgan fingerprint density at radius 2 is 2.19 bits per heavy atom. The molecule has 16 heavy (non-hydrogen) atoms. The summed E-state index contributed by atoms with van der Waals surface area (Å²) in [7, 11) is 0. The zero-order chi connectivity index (χ0) is 11.5. The Morgan fingerprint density at radius 1 is 1.38 bits per heavy atom. The second-order valence-electron chi connectivity index (χ2n) is 5.10. The second kappa shape index (κ2) is 5.00. The number of aryl methyl sites for hydroxylation is 2. The molecule has 0 aromatic carbocycles. The highest BCUT2D eigenvalue weighted by Gasteiger charge is 2.22. The van der Waals surface area contributed by atoms with E-state index in [1.54, 1.807) is 0 Å². The maximum Gasteiger partial charge on any atom is 0.138 e. The Morgan fingerprint density at radius 3 is 2.75 bits per heavy atom. The van der Waals surface area contributed by atoms with Gasteiger partial charge >= 0.3 is 0 Å². The Balaban J connectivity index is 1.80. The fraction of sp³-hybridized carbons (Fsp3) is 0.769. The molecule has 3 nitrogen and oxygen atoms in total. The first-order valence-electron chi connectivity index (χ1n) is 6.31. The van der Waals surface area contributed by atoms with Gasteiger partial charge < -0.3 is 9.84 Å². The quantitative estimate of drug-likeness (QED) is 0.851. The van der Waals surface area contributed by atoms with E-state index in [4.69, 9.17) is 4.52 Å². The molecular weight excluding hydrogens is 200 g/mol. The van der Waals surface area contributed by atoms with E-state index in [2.05, 4.69) is 17.4 Å². The average molecular weight is 222 g/mol. The van der Waals surface area contributed by atoms with Crippen LogP contribution < -0.4 is 5.32 Å². The van der Waals surface area contributed by atoms with Gasteiger partial charge in [-0.3, -0.25) is 0 Å². The number of rotatable bonds is 4. The molecule has 1 aliphatic carbocycles. The Labute approximate surface area is 97.6 Å². The monoisotopic (exact) mass is 222 g/mol. The number of aromatic nitrogens is 1. The van der Waals surface area contributed by atoms with Crippen LogP contribution in [0.25, 0.3) is 0 Å². The van der Waals surface area contributed by atoms with Crippen LogP contribution in [-0.2, 0) is 6.54 Å². The van der Waals surface area contributed by atoms with Crippen molar-refractivity contribution in [1.29, 1.82) is 0 Å². The van der Waals surface area contributed by atoms with Crippen molar-refractivity contribution in [3.8, 4) is 0 Å². The normalized spacial score (nSPS) is 25.2. The van der Waals surface area contributed by atoms with Crippen LogP contribution in [0.1, 0.15) is 43.2 Å². The third kappa shape index (κ3) is 2.46. The van der Waals surface area contributed by atoms with Gasteiger partial charge in [-0.1, -0.05) is 24.9 Å². The lowest BCUT2D eigenvalue weighted by Crippen LogP contribution is -2.24. The predicted octanol–water partition coefficient (Wildman–Crippen LogP) is 2.82. The van der Waals surface area contributed by atoms with Gasteiger partial charge in [0.05, 0.1) is 5.69 Å². The van der Waals surface area contributed by atoms with Crippen LogP contribution in [0.4, 0.5) is 0 Å². The Hall–Kier alpha value is -0.830. The van der Waals surface area contributed by atoms with Crippen molar-refractivity contribution < 1.29 is 4.52 Å². The summed E-state index contributed by atoms with van der Waals surface area (Å²) in [4.78, 5) is 0. The van der Waals surface area contributed by atoms with Gasteiger partial charge in [-0.25, -0.2) is 0 Å². The fourth-order valence-electron chi connectivity index (χ4n) is 2.66. The van der Waals surface area contributed by atoms with E-state index in [9.17, 15) is 0 Å². The minimum absolute atomic E-state index is 0.862. The van der Waals surface area contributed by atoms with E-state index in [0.717, 1.165) is 36.4 Å². The molecule has 2 rings (SSSR count). The first kappa shape index (κ1) is 11.6. The summed E-state index contributed by atoms with van der Waals surface area (Å²) >= 11 is 0. The fourth-order valence-corrected chi connectivity index (χ4v) is 2.66. The third-order valence-electron chi connectivity index (χ3n) is 3.93. The molecule has 2 atom stereocenters. The van der Waals surface area contributed by atoms with Crippen molar-refractivity contribution in [2.24, 2.45) is 11.8 Å². The molecule has 0 spiro atoms. The zero-order valence-electron chi connectivity index (χ0n) is 10.5. The first-order chi connectivity index (χ1) is 7.68. The number of hydrogen-bond donors (Lipinski definition) is 1. The van der Waals surface area contributed by atoms with E-state index < -0.39 is 0 Å². The van der Waals surface area contributed by atoms with Gasteiger partial charge in [0.2, 0.25) is 0 Å². The highest BCUT2D eigenvalue weighted by molar-refractivity contribution is 5.20. The van der Waals surface area contributed by atoms with Crippen LogP contribution in [-0.4, -0.2) is 11.7 Å². The molecule has 1 fully saturated rings. The topological polar surface area (TPSA) is 38.1 Å². The molecule has 1 heterocycles. The van der Waals surface area contributed by atoms with Crippen molar-refractivity contribution >= 4 is 0 Å². The average Bonchev–Trinajstić information content (AvgIpc) is 2.79. The van der Waals surface area contributed by atoms with Crippen LogP contribution in [0.2, 0.25) is 0 Å². The van der Waals surface area contributed by atoms with E-state index in [1.807, 2.05) is 13.8 Å². The first-order valence-corrected chi connectivity index (χ1v) is 6.31. The van der Waals surface area contributed by atoms with Crippen molar-refractivity contribution in [2.45, 2.75) is 46.6 Å². The smallest absolute Gasteiger partial charge is 0.138 e. The highest BCUT2D eigenvalue weighted by atomic mass is 16.5. The lowest BCUT2D eigenvalue weighted by Gasteiger charge is -2.15. The summed E-state index contributed by atoms with van der Waals surface area (Å²) in [6.07, 6.45) is 4.19. The highest BCUT2D eigenvalue weighted by Crippen LogP contribution is 2.30. The maximum absolute atomic E-state index is 5.15. The van der Waals surface area contributed by atoms with Crippen LogP contribution in [0, 0.1) is 25.7 Å². The molecule has 3 heteroatoms. The van der Waals surface area contributed by atoms with Crippen molar-refractivity contribution in [1.82, 2.24) is 10.5 Å². The predicted molar refractivity (Wildman–Crippen MR) is 64.2 cm³/mol. The molecular formula is C13H22N2O. The van der Waals surface area contributed by atoms with Crippen molar-refractivity contribution in [3.05, 3.63) is 17.0 Å². The summed E-state index contributed by atoms with van der Waals surface area (Å²) in [5, 5.41) is 7.51. The van der Waals surface area contributed by atoms with Crippen molar-refractivity contribution in [3.63, 3.8) is 0 Å². The van der Waals surface area contributed by atoms with Gasteiger partial charge in [-0.05, 0) is 38.6 Å². The van der Waals surface area contributed by atoms with E-state index in [1.165, 1.54) is 24.8 Å². The Bertz CT molecular complexity index is 326. The molecule has 0 saturated heterocycles. The molecule has 1 aliphatic rings. The van der Waals surface area contributed by atoms with E-state index >= 15 is 0 Å². The van der Waals surface area contributed by atoms with Crippen LogP contribution in [0.15, 0.2) is 4.52 Å². The SMILES string of the molecule is Cc1noc(C)c1CNCC1CCCC1C. The van der Waals surface area contributed by atoms with Gasteiger partial charge in [0.25, 0.3) is 0 Å². The lowest BCUT2D eigenvalue weighted by atomic mass is 9.98. The molecule has 1 saturated carbocycles. The molecule has 0 aliphatic heterocycles. The minimum atomic E-state index is 0.862. The molecule has 90 valence electrons. The minimum Gasteiger partial charge on any atom is -0.361 e. The Kier molecular flexibility index (Phi) is 3.64. The molecule has 1 N–H and O–H groups in total. The van der Waals surface area contributed by atoms with Gasteiger partial charge in [0, 0.05) is 12.1 Å². The van der Waals surface area contributed by atoms with Crippen molar-refractivity contribution in [2.75, 3.05) is 6.54 Å². The summed E-state index contributed by atoms with van der Waals surface area (Å²) in [5.74, 6) is 2.70. The lowest BCUT2D eigenvalue weighted by molar-refractivity contribution is 0.385. The van der Waals surface area contributed by atoms with Crippen LogP contribution in [0.5, 0.6) is 0 Å². The molecule has 0 radical (unpaired) electrons. The standard InChI is InChI=1S/C13H22N2O/c1-9-5-4-6-12(9)7-14-8-13-10(2)15-16-11(13)3/h9,12,14H,4-8H2,1-3H3. The van der Waals surface area contributed by atoms with E-state index in [0.29, 0.717) is 0 Å². The summed E-state index contributed by atoms with van der Waals surface area (Å²) in [6.45, 7) is 8.38. The molecule has 1 aromatic heterocycles. The summed E-state index contributed by atoms with van der Waals surface area (Å²) in [5.41, 5.74) is 2.25. The second-order valence-corrected chi connectivity index (χ2v) is 5.10. The largest absolute Gasteiger partial charge is 0.361 e. The molecule has 0 amide bonds. The van der Waals surface area contributed by atoms with Crippen LogP contribution >= 0.6 is 0 Å². The number of nitrogens with zero attached hydrogens (tertiary/aromatic N) is 1. The summed E-state index contributed by atoms with van der Waals surface area (Å²) in [6, 6.07) is 0. The van der Waals surface area contributed by atoms with Gasteiger partial charge in [0.1, 0.15) is 5.76 Å². The number of hydrogen-bond acceptors (Lipinski definition) is 3. The molecule has 2 unspecified atom stereocenters. The summed E-state index contributed by atoms with van der Waals surface area (Å²) < 4.78 is 5.15. The van der Waals surface area contributed by atoms with E-state index in [-0.39, 0.29) is 0 Å². The molecule has 1 aromatic rings. The van der Waals surface area contributed by atoms with Gasteiger partial charge in [-0.2, -0.15) is 0 Å². The maximum atomic E-state index is 5.15. The number of nitrogens with one attached hydrogen (secondary N) is 1.